The first-order chi connectivity index (χ1) is 15.4. The third kappa shape index (κ3) is 6.28. The number of ether oxygens (including phenoxy) is 1. The van der Waals surface area contributed by atoms with Crippen LogP contribution in [0, 0.1) is 0 Å². The van der Waals surface area contributed by atoms with E-state index in [1.54, 1.807) is 27.7 Å². The van der Waals surface area contributed by atoms with Crippen LogP contribution in [0.2, 0.25) is 0 Å². The van der Waals surface area contributed by atoms with Gasteiger partial charge in [0.05, 0.1) is 12.0 Å². The molecule has 0 fully saturated rings. The van der Waals surface area contributed by atoms with Crippen LogP contribution in [0.5, 0.6) is 0 Å². The Kier molecular flexibility index (Phi) is 6.66. The maximum absolute atomic E-state index is 12.6. The number of hydrogen-bond acceptors (Lipinski definition) is 7. The van der Waals surface area contributed by atoms with Crippen molar-refractivity contribution < 1.29 is 23.8 Å². The van der Waals surface area contributed by atoms with Crippen molar-refractivity contribution in [1.82, 2.24) is 20.5 Å². The van der Waals surface area contributed by atoms with Gasteiger partial charge >= 0.3 is 12.1 Å². The first kappa shape index (κ1) is 23.7. The second-order valence-corrected chi connectivity index (χ2v) is 8.85. The molecule has 3 aromatic rings. The van der Waals surface area contributed by atoms with E-state index in [0.717, 1.165) is 11.8 Å². The molecule has 0 spiro atoms. The molecule has 0 bridgehead atoms. The zero-order valence-corrected chi connectivity index (χ0v) is 18.8. The second kappa shape index (κ2) is 9.27. The Hall–Kier alpha value is -3.95. The third-order valence-corrected chi connectivity index (χ3v) is 4.68. The Bertz CT molecular complexity index is 1200. The number of nitrogens with zero attached hydrogens (tertiary/aromatic N) is 2. The number of alkyl carbamates (subject to hydrolysis) is 1. The maximum Gasteiger partial charge on any atom is 0.408 e. The normalized spacial score (nSPS) is 13.2. The molecule has 2 heterocycles. The number of aromatic amines is 1. The van der Waals surface area contributed by atoms with Gasteiger partial charge in [-0.25, -0.2) is 9.59 Å². The molecule has 2 aromatic heterocycles. The van der Waals surface area contributed by atoms with E-state index in [9.17, 15) is 14.4 Å². The zero-order valence-electron chi connectivity index (χ0n) is 18.8. The number of carbonyl (C=O) groups is 2. The van der Waals surface area contributed by atoms with E-state index in [4.69, 9.17) is 14.3 Å². The van der Waals surface area contributed by atoms with Gasteiger partial charge in [-0.1, -0.05) is 30.3 Å². The average molecular weight is 454 g/mol. The number of carboxylic acid groups (broad SMARTS) is 1. The highest BCUT2D eigenvalue weighted by Crippen LogP contribution is 2.26. The molecule has 0 saturated carbocycles. The highest BCUT2D eigenvalue weighted by atomic mass is 16.6. The molecule has 3 N–H and O–H groups in total. The summed E-state index contributed by atoms with van der Waals surface area (Å²) in [5.41, 5.74) is -1.25. The number of pyridine rings is 1. The van der Waals surface area contributed by atoms with Crippen LogP contribution in [0.25, 0.3) is 0 Å². The van der Waals surface area contributed by atoms with E-state index in [0.29, 0.717) is 6.42 Å². The number of hydrogen-bond donors (Lipinski definition) is 3. The van der Waals surface area contributed by atoms with Gasteiger partial charge in [-0.05, 0) is 39.3 Å². The van der Waals surface area contributed by atoms with Crippen molar-refractivity contribution in [3.8, 4) is 0 Å². The second-order valence-electron chi connectivity index (χ2n) is 8.85. The molecular weight excluding hydrogens is 428 g/mol. The fourth-order valence-electron chi connectivity index (χ4n) is 3.20. The lowest BCUT2D eigenvalue weighted by molar-refractivity contribution is 0.0442. The number of aromatic nitrogens is 3. The molecule has 1 unspecified atom stereocenters. The number of carboxylic acids is 1. The Balaban J connectivity index is 1.90. The summed E-state index contributed by atoms with van der Waals surface area (Å²) in [6, 6.07) is 10.7. The first-order valence-corrected chi connectivity index (χ1v) is 10.3. The number of amides is 1. The highest BCUT2D eigenvalue weighted by molar-refractivity contribution is 5.87. The van der Waals surface area contributed by atoms with Crippen LogP contribution in [-0.2, 0) is 23.1 Å². The number of rotatable bonds is 7. The Morgan fingerprint density at radius 3 is 2.48 bits per heavy atom. The fraction of sp³-hybridized carbons (Fsp3) is 0.348. The van der Waals surface area contributed by atoms with Gasteiger partial charge in [0.25, 0.3) is 5.56 Å². The van der Waals surface area contributed by atoms with Crippen molar-refractivity contribution >= 4 is 12.1 Å². The van der Waals surface area contributed by atoms with Gasteiger partial charge in [-0.15, -0.1) is 10.2 Å². The Labute approximate surface area is 190 Å². The molecular formula is C23H26N4O6. The Morgan fingerprint density at radius 2 is 1.85 bits per heavy atom. The van der Waals surface area contributed by atoms with Gasteiger partial charge in [0.15, 0.2) is 0 Å². The maximum atomic E-state index is 12.6. The van der Waals surface area contributed by atoms with Gasteiger partial charge < -0.3 is 24.6 Å². The molecule has 174 valence electrons. The molecule has 33 heavy (non-hydrogen) atoms. The van der Waals surface area contributed by atoms with Crippen molar-refractivity contribution in [2.45, 2.75) is 51.7 Å². The number of carbonyl (C=O) groups excluding carboxylic acids is 1. The van der Waals surface area contributed by atoms with E-state index in [1.165, 1.54) is 6.07 Å². The van der Waals surface area contributed by atoms with E-state index in [1.807, 2.05) is 30.3 Å². The van der Waals surface area contributed by atoms with Gasteiger partial charge in [0.2, 0.25) is 11.8 Å². The summed E-state index contributed by atoms with van der Waals surface area (Å²) in [4.78, 5) is 38.3. The summed E-state index contributed by atoms with van der Waals surface area (Å²) in [7, 11) is 0. The smallest absolute Gasteiger partial charge is 0.408 e. The number of benzene rings is 1. The minimum Gasteiger partial charge on any atom is -0.478 e. The van der Waals surface area contributed by atoms with Crippen molar-refractivity contribution in [2.75, 3.05) is 0 Å². The van der Waals surface area contributed by atoms with Crippen molar-refractivity contribution in [3.05, 3.63) is 81.4 Å². The molecule has 1 atom stereocenters. The molecule has 10 heteroatoms. The molecule has 0 radical (unpaired) electrons. The van der Waals surface area contributed by atoms with E-state index in [-0.39, 0.29) is 29.3 Å². The van der Waals surface area contributed by atoms with Crippen LogP contribution in [-0.4, -0.2) is 38.0 Å². The largest absolute Gasteiger partial charge is 0.478 e. The van der Waals surface area contributed by atoms with E-state index < -0.39 is 28.8 Å². The molecule has 0 aliphatic rings. The van der Waals surface area contributed by atoms with Crippen LogP contribution in [0.4, 0.5) is 4.79 Å². The summed E-state index contributed by atoms with van der Waals surface area (Å²) >= 11 is 0. The molecule has 3 rings (SSSR count). The molecule has 0 aliphatic carbocycles. The van der Waals surface area contributed by atoms with E-state index in [2.05, 4.69) is 20.5 Å². The molecule has 1 amide bonds. The van der Waals surface area contributed by atoms with Gasteiger partial charge in [-0.3, -0.25) is 4.79 Å². The lowest BCUT2D eigenvalue weighted by Gasteiger charge is -2.29. The quantitative estimate of drug-likeness (QED) is 0.493. The summed E-state index contributed by atoms with van der Waals surface area (Å²) < 4.78 is 11.2. The number of H-pyrrole nitrogens is 1. The van der Waals surface area contributed by atoms with E-state index >= 15 is 0 Å². The third-order valence-electron chi connectivity index (χ3n) is 4.68. The highest BCUT2D eigenvalue weighted by Gasteiger charge is 2.36. The van der Waals surface area contributed by atoms with Gasteiger partial charge in [0.1, 0.15) is 11.1 Å². The fourth-order valence-corrected chi connectivity index (χ4v) is 3.20. The van der Waals surface area contributed by atoms with Crippen LogP contribution in [0.1, 0.15) is 61.0 Å². The van der Waals surface area contributed by atoms with Gasteiger partial charge in [-0.2, -0.15) is 0 Å². The number of nitrogens with one attached hydrogen (secondary N) is 2. The predicted octanol–water partition coefficient (Wildman–Crippen LogP) is 3.03. The zero-order chi connectivity index (χ0) is 24.2. The molecule has 1 aromatic carbocycles. The van der Waals surface area contributed by atoms with Crippen molar-refractivity contribution in [3.63, 3.8) is 0 Å². The minimum absolute atomic E-state index is 0.0650. The van der Waals surface area contributed by atoms with Crippen molar-refractivity contribution in [2.24, 2.45) is 0 Å². The van der Waals surface area contributed by atoms with Crippen LogP contribution < -0.4 is 10.9 Å². The summed E-state index contributed by atoms with van der Waals surface area (Å²) in [5.74, 6) is -0.947. The Morgan fingerprint density at radius 1 is 1.15 bits per heavy atom. The summed E-state index contributed by atoms with van der Waals surface area (Å²) in [6.07, 6.45) is 0.738. The predicted molar refractivity (Wildman–Crippen MR) is 118 cm³/mol. The van der Waals surface area contributed by atoms with Crippen LogP contribution in [0.15, 0.2) is 51.8 Å². The van der Waals surface area contributed by atoms with Crippen molar-refractivity contribution in [1.29, 1.82) is 0 Å². The van der Waals surface area contributed by atoms with Crippen LogP contribution in [0.3, 0.4) is 0 Å². The molecule has 0 saturated heterocycles. The minimum atomic E-state index is -1.17. The average Bonchev–Trinajstić information content (AvgIpc) is 3.18. The SMILES string of the molecule is CC(C)(C)OC(=O)NC(C)(Cc1ccccc1)c1nnc(Cc2cc(C(=O)O)c[nH]c2=O)o1. The standard InChI is InChI=1S/C23H26N4O6/c1-22(2,3)33-21(31)25-23(4,12-14-8-6-5-7-9-14)20-27-26-17(32-20)11-15-10-16(19(29)30)13-24-18(15)28/h5-10,13H,11-12H2,1-4H3,(H,24,28)(H,25,31)(H,29,30). The number of aromatic carboxylic acids is 1. The van der Waals surface area contributed by atoms with Gasteiger partial charge in [0, 0.05) is 18.2 Å². The summed E-state index contributed by atoms with van der Waals surface area (Å²) in [6.45, 7) is 7.01. The first-order valence-electron chi connectivity index (χ1n) is 10.3. The van der Waals surface area contributed by atoms with Crippen LogP contribution >= 0.6 is 0 Å². The summed E-state index contributed by atoms with van der Waals surface area (Å²) in [5, 5.41) is 20.1. The topological polar surface area (TPSA) is 147 Å². The lowest BCUT2D eigenvalue weighted by Crippen LogP contribution is -2.47. The molecule has 0 aliphatic heterocycles. The molecule has 10 nitrogen and oxygen atoms in total. The monoisotopic (exact) mass is 454 g/mol. The lowest BCUT2D eigenvalue weighted by atomic mass is 9.92.